The van der Waals surface area contributed by atoms with E-state index in [-0.39, 0.29) is 10.8 Å². The van der Waals surface area contributed by atoms with Gasteiger partial charge in [0.2, 0.25) is 0 Å². The highest BCUT2D eigenvalue weighted by molar-refractivity contribution is 6.74. The lowest BCUT2D eigenvalue weighted by Crippen LogP contribution is -2.55. The lowest BCUT2D eigenvalue weighted by Gasteiger charge is -2.46. The molecule has 0 heterocycles. The van der Waals surface area contributed by atoms with Crippen LogP contribution >= 0.6 is 0 Å². The highest BCUT2D eigenvalue weighted by atomic mass is 28.4. The van der Waals surface area contributed by atoms with Crippen molar-refractivity contribution in [3.8, 4) is 12.1 Å². The summed E-state index contributed by atoms with van der Waals surface area (Å²) >= 11 is 0. The minimum atomic E-state index is -2.18. The molecule has 0 aromatic heterocycles. The molecule has 25 heavy (non-hydrogen) atoms. The van der Waals surface area contributed by atoms with Crippen molar-refractivity contribution in [3.63, 3.8) is 0 Å². The van der Waals surface area contributed by atoms with E-state index in [0.29, 0.717) is 25.7 Å². The highest BCUT2D eigenvalue weighted by Gasteiger charge is 2.74. The maximum atomic E-state index is 11.8. The zero-order valence-electron chi connectivity index (χ0n) is 15.8. The van der Waals surface area contributed by atoms with Gasteiger partial charge in [0.15, 0.2) is 19.5 Å². The fourth-order valence-corrected chi connectivity index (χ4v) is 6.01. The molecular formula is C20H26N2O2Si. The van der Waals surface area contributed by atoms with Gasteiger partial charge in [-0.15, -0.1) is 0 Å². The molecule has 1 fully saturated rings. The molecule has 0 amide bonds. The summed E-state index contributed by atoms with van der Waals surface area (Å²) in [5.74, 6) is 0.0947. The lowest BCUT2D eigenvalue weighted by atomic mass is 9.63. The van der Waals surface area contributed by atoms with Gasteiger partial charge in [-0.2, -0.15) is 10.5 Å². The third kappa shape index (κ3) is 2.09. The van der Waals surface area contributed by atoms with Gasteiger partial charge in [0.05, 0.1) is 12.1 Å². The van der Waals surface area contributed by atoms with Gasteiger partial charge >= 0.3 is 0 Å². The van der Waals surface area contributed by atoms with Crippen LogP contribution < -0.4 is 0 Å². The first-order chi connectivity index (χ1) is 11.5. The van der Waals surface area contributed by atoms with Crippen LogP contribution in [0.2, 0.25) is 18.1 Å². The molecule has 1 saturated carbocycles. The highest BCUT2D eigenvalue weighted by Crippen LogP contribution is 2.70. The molecule has 3 aliphatic rings. The Bertz CT molecular complexity index is 761. The van der Waals surface area contributed by atoms with Crippen LogP contribution in [0.4, 0.5) is 0 Å². The summed E-state index contributed by atoms with van der Waals surface area (Å²) in [7, 11) is -2.18. The number of hydrogen-bond acceptors (Lipinski definition) is 4. The number of rotatable bonds is 3. The van der Waals surface area contributed by atoms with Gasteiger partial charge < -0.3 is 4.43 Å². The van der Waals surface area contributed by atoms with Crippen LogP contribution in [-0.2, 0) is 9.22 Å². The van der Waals surface area contributed by atoms with Crippen molar-refractivity contribution < 1.29 is 9.22 Å². The number of nitriles is 2. The normalized spacial score (nSPS) is 33.2. The first kappa shape index (κ1) is 18.1. The van der Waals surface area contributed by atoms with Crippen molar-refractivity contribution in [1.82, 2.24) is 0 Å². The van der Waals surface area contributed by atoms with Crippen molar-refractivity contribution >= 4 is 14.1 Å². The van der Waals surface area contributed by atoms with E-state index >= 15 is 0 Å². The number of nitrogens with zero attached hydrogens (tertiary/aromatic N) is 2. The van der Waals surface area contributed by atoms with Gasteiger partial charge in [0.25, 0.3) is 0 Å². The molecule has 132 valence electrons. The predicted octanol–water partition coefficient (Wildman–Crippen LogP) is 4.42. The van der Waals surface area contributed by atoms with Crippen LogP contribution in [0, 0.1) is 33.5 Å². The van der Waals surface area contributed by atoms with Gasteiger partial charge in [0.1, 0.15) is 5.60 Å². The van der Waals surface area contributed by atoms with E-state index in [1.54, 1.807) is 6.08 Å². The molecular weight excluding hydrogens is 328 g/mol. The molecule has 3 rings (SSSR count). The van der Waals surface area contributed by atoms with Crippen LogP contribution in [0.15, 0.2) is 23.8 Å². The van der Waals surface area contributed by atoms with Crippen LogP contribution in [0.1, 0.15) is 46.5 Å². The number of ketones is 1. The fraction of sp³-hybridized carbons (Fsp3) is 0.650. The van der Waals surface area contributed by atoms with E-state index in [4.69, 9.17) is 4.43 Å². The van der Waals surface area contributed by atoms with Crippen molar-refractivity contribution in [2.45, 2.75) is 70.2 Å². The van der Waals surface area contributed by atoms with E-state index < -0.39 is 24.7 Å². The number of carbonyl (C=O) groups is 1. The topological polar surface area (TPSA) is 73.9 Å². The average Bonchev–Trinajstić information content (AvgIpc) is 3.13. The smallest absolute Gasteiger partial charge is 0.193 e. The lowest BCUT2D eigenvalue weighted by molar-refractivity contribution is -0.114. The van der Waals surface area contributed by atoms with Crippen molar-refractivity contribution in [1.29, 1.82) is 10.5 Å². The molecule has 0 aromatic carbocycles. The molecule has 5 heteroatoms. The first-order valence-corrected chi connectivity index (χ1v) is 11.9. The number of hydrogen-bond donors (Lipinski definition) is 0. The Balaban J connectivity index is 2.12. The molecule has 2 bridgehead atoms. The van der Waals surface area contributed by atoms with E-state index in [0.717, 1.165) is 5.57 Å². The second kappa shape index (κ2) is 5.16. The third-order valence-corrected chi connectivity index (χ3v) is 11.4. The SMILES string of the molecule is CC(C)(C)[Si](C)(C)OC12C=CC(C3=CC(=O)CC3)(CC1)C2(C#N)C#N. The van der Waals surface area contributed by atoms with Crippen LogP contribution in [0.25, 0.3) is 0 Å². The maximum Gasteiger partial charge on any atom is 0.193 e. The average molecular weight is 355 g/mol. The van der Waals surface area contributed by atoms with Gasteiger partial charge in [-0.3, -0.25) is 4.79 Å². The zero-order chi connectivity index (χ0) is 18.7. The maximum absolute atomic E-state index is 11.8. The summed E-state index contributed by atoms with van der Waals surface area (Å²) in [4.78, 5) is 11.8. The largest absolute Gasteiger partial charge is 0.405 e. The first-order valence-electron chi connectivity index (χ1n) is 8.96. The Morgan fingerprint density at radius 3 is 2.16 bits per heavy atom. The Kier molecular flexibility index (Phi) is 3.74. The molecule has 0 N–H and O–H groups in total. The number of fused-ring (bicyclic) bond motifs is 2. The molecule has 0 aromatic rings. The predicted molar refractivity (Wildman–Crippen MR) is 97.8 cm³/mol. The quantitative estimate of drug-likeness (QED) is 0.555. The van der Waals surface area contributed by atoms with Gasteiger partial charge in [-0.1, -0.05) is 38.5 Å². The standard InChI is InChI=1S/C20H26N2O2Si/c1-17(2,3)25(4,5)24-20-10-8-18(9-11-20,19(20,13-21)14-22)15-6-7-16(23)12-15/h8,10,12H,6-7,9,11H2,1-5H3. The summed E-state index contributed by atoms with van der Waals surface area (Å²) in [5, 5.41) is 20.3. The molecule has 3 aliphatic carbocycles. The molecule has 0 spiro atoms. The molecule has 0 saturated heterocycles. The minimum absolute atomic E-state index is 0.0112. The summed E-state index contributed by atoms with van der Waals surface area (Å²) < 4.78 is 6.75. The Morgan fingerprint density at radius 1 is 1.12 bits per heavy atom. The molecule has 0 radical (unpaired) electrons. The van der Waals surface area contributed by atoms with E-state index in [9.17, 15) is 15.3 Å². The molecule has 4 nitrogen and oxygen atoms in total. The number of allylic oxidation sites excluding steroid dienone is 3. The monoisotopic (exact) mass is 354 g/mol. The Morgan fingerprint density at radius 2 is 1.76 bits per heavy atom. The summed E-state index contributed by atoms with van der Waals surface area (Å²) in [5.41, 5.74) is -1.89. The minimum Gasteiger partial charge on any atom is -0.405 e. The Labute approximate surface area is 151 Å². The Hall–Kier alpha value is -1.69. The van der Waals surface area contributed by atoms with Crippen molar-refractivity contribution in [3.05, 3.63) is 23.8 Å². The van der Waals surface area contributed by atoms with Crippen molar-refractivity contribution in [2.24, 2.45) is 10.8 Å². The molecule has 2 atom stereocenters. The summed E-state index contributed by atoms with van der Waals surface area (Å²) in [6.07, 6.45) is 8.11. The second-order valence-corrected chi connectivity index (χ2v) is 13.9. The summed E-state index contributed by atoms with van der Waals surface area (Å²) in [6, 6.07) is 4.72. The molecule has 0 aliphatic heterocycles. The summed E-state index contributed by atoms with van der Waals surface area (Å²) in [6.45, 7) is 10.8. The van der Waals surface area contributed by atoms with Crippen LogP contribution in [0.3, 0.4) is 0 Å². The van der Waals surface area contributed by atoms with Crippen LogP contribution in [0.5, 0.6) is 0 Å². The molecule has 2 unspecified atom stereocenters. The van der Waals surface area contributed by atoms with Gasteiger partial charge in [-0.05, 0) is 43.5 Å². The van der Waals surface area contributed by atoms with Crippen LogP contribution in [-0.4, -0.2) is 19.7 Å². The van der Waals surface area contributed by atoms with Crippen molar-refractivity contribution in [2.75, 3.05) is 0 Å². The number of carbonyl (C=O) groups excluding carboxylic acids is 1. The van der Waals surface area contributed by atoms with E-state index in [1.807, 2.05) is 12.2 Å². The second-order valence-electron chi connectivity index (χ2n) is 9.17. The fourth-order valence-electron chi connectivity index (χ4n) is 4.47. The third-order valence-electron chi connectivity index (χ3n) is 6.96. The zero-order valence-corrected chi connectivity index (χ0v) is 16.8. The van der Waals surface area contributed by atoms with E-state index in [1.165, 1.54) is 0 Å². The van der Waals surface area contributed by atoms with Gasteiger partial charge in [-0.25, -0.2) is 0 Å². The van der Waals surface area contributed by atoms with E-state index in [2.05, 4.69) is 46.0 Å². The van der Waals surface area contributed by atoms with Gasteiger partial charge in [0, 0.05) is 11.8 Å².